The van der Waals surface area contributed by atoms with E-state index in [1.165, 1.54) is 11.3 Å². The van der Waals surface area contributed by atoms with E-state index >= 15 is 0 Å². The van der Waals surface area contributed by atoms with Crippen molar-refractivity contribution >= 4 is 33.0 Å². The molecule has 0 aliphatic carbocycles. The maximum absolute atomic E-state index is 13.0. The predicted octanol–water partition coefficient (Wildman–Crippen LogP) is 5.03. The minimum absolute atomic E-state index is 0.182. The fourth-order valence-corrected chi connectivity index (χ4v) is 3.05. The SMILES string of the molecule is FC(F)(F)c1cnc(Cl)nc1-c1cc2ccccc2s1. The van der Waals surface area contributed by atoms with Gasteiger partial charge in [-0.3, -0.25) is 0 Å². The minimum Gasteiger partial charge on any atom is -0.226 e. The van der Waals surface area contributed by atoms with Crippen molar-refractivity contribution in [1.29, 1.82) is 0 Å². The fraction of sp³-hybridized carbons (Fsp3) is 0.0769. The second-order valence-corrected chi connectivity index (χ2v) is 5.47. The van der Waals surface area contributed by atoms with E-state index in [0.29, 0.717) is 4.88 Å². The Bertz CT molecular complexity index is 750. The van der Waals surface area contributed by atoms with E-state index in [2.05, 4.69) is 9.97 Å². The second kappa shape index (κ2) is 4.71. The zero-order valence-corrected chi connectivity index (χ0v) is 11.4. The summed E-state index contributed by atoms with van der Waals surface area (Å²) in [7, 11) is 0. The minimum atomic E-state index is -4.52. The van der Waals surface area contributed by atoms with Gasteiger partial charge in [0.1, 0.15) is 5.56 Å². The van der Waals surface area contributed by atoms with Crippen LogP contribution in [-0.2, 0) is 6.18 Å². The summed E-state index contributed by atoms with van der Waals surface area (Å²) in [6.07, 6.45) is -3.80. The van der Waals surface area contributed by atoms with Gasteiger partial charge in [-0.25, -0.2) is 9.97 Å². The Balaban J connectivity index is 2.25. The van der Waals surface area contributed by atoms with Gasteiger partial charge in [0.2, 0.25) is 5.28 Å². The number of rotatable bonds is 1. The van der Waals surface area contributed by atoms with Crippen LogP contribution in [0.5, 0.6) is 0 Å². The lowest BCUT2D eigenvalue weighted by Crippen LogP contribution is -2.09. The summed E-state index contributed by atoms with van der Waals surface area (Å²) in [5.74, 6) is 0. The molecule has 0 saturated carbocycles. The lowest BCUT2D eigenvalue weighted by atomic mass is 10.2. The molecule has 3 rings (SSSR count). The average Bonchev–Trinajstić information content (AvgIpc) is 2.80. The number of fused-ring (bicyclic) bond motifs is 1. The number of thiophene rings is 1. The third kappa shape index (κ3) is 2.36. The van der Waals surface area contributed by atoms with Gasteiger partial charge in [0, 0.05) is 10.9 Å². The van der Waals surface area contributed by atoms with Crippen molar-refractivity contribution in [2.75, 3.05) is 0 Å². The molecule has 1 aromatic carbocycles. The van der Waals surface area contributed by atoms with Crippen LogP contribution in [-0.4, -0.2) is 9.97 Å². The van der Waals surface area contributed by atoms with Crippen LogP contribution in [0.15, 0.2) is 36.5 Å². The van der Waals surface area contributed by atoms with E-state index in [-0.39, 0.29) is 11.0 Å². The quantitative estimate of drug-likeness (QED) is 0.589. The highest BCUT2D eigenvalue weighted by Crippen LogP contribution is 2.40. The number of nitrogens with zero attached hydrogens (tertiary/aromatic N) is 2. The number of alkyl halides is 3. The summed E-state index contributed by atoms with van der Waals surface area (Å²) in [5.41, 5.74) is -1.06. The molecule has 0 N–H and O–H groups in total. The third-order valence-corrected chi connectivity index (χ3v) is 4.03. The molecular formula is C13H6ClF3N2S. The van der Waals surface area contributed by atoms with Gasteiger partial charge in [0.25, 0.3) is 0 Å². The number of hydrogen-bond acceptors (Lipinski definition) is 3. The number of hydrogen-bond donors (Lipinski definition) is 0. The first kappa shape index (κ1) is 13.3. The number of halogens is 4. The highest BCUT2D eigenvalue weighted by atomic mass is 35.5. The zero-order valence-electron chi connectivity index (χ0n) is 9.78. The van der Waals surface area contributed by atoms with Crippen LogP contribution in [0.4, 0.5) is 13.2 Å². The van der Waals surface area contributed by atoms with Gasteiger partial charge in [0.15, 0.2) is 0 Å². The van der Waals surface area contributed by atoms with Gasteiger partial charge in [-0.15, -0.1) is 11.3 Å². The summed E-state index contributed by atoms with van der Waals surface area (Å²) in [5, 5.41) is 0.667. The first-order chi connectivity index (χ1) is 9.45. The third-order valence-electron chi connectivity index (χ3n) is 2.72. The van der Waals surface area contributed by atoms with Crippen LogP contribution in [0.25, 0.3) is 20.7 Å². The summed E-state index contributed by atoms with van der Waals surface area (Å²) in [4.78, 5) is 7.59. The van der Waals surface area contributed by atoms with E-state index in [0.717, 1.165) is 16.3 Å². The monoisotopic (exact) mass is 314 g/mol. The molecule has 0 fully saturated rings. The Hall–Kier alpha value is -1.66. The average molecular weight is 315 g/mol. The van der Waals surface area contributed by atoms with Crippen LogP contribution in [0.1, 0.15) is 5.56 Å². The molecule has 102 valence electrons. The van der Waals surface area contributed by atoms with Gasteiger partial charge in [-0.1, -0.05) is 18.2 Å². The molecule has 0 spiro atoms. The Morgan fingerprint density at radius 1 is 1.15 bits per heavy atom. The Labute approximate surface area is 120 Å². The van der Waals surface area contributed by atoms with Crippen molar-refractivity contribution < 1.29 is 13.2 Å². The van der Waals surface area contributed by atoms with E-state index < -0.39 is 11.7 Å². The van der Waals surface area contributed by atoms with E-state index in [1.807, 2.05) is 24.3 Å². The number of aromatic nitrogens is 2. The van der Waals surface area contributed by atoms with Crippen LogP contribution >= 0.6 is 22.9 Å². The smallest absolute Gasteiger partial charge is 0.226 e. The highest BCUT2D eigenvalue weighted by molar-refractivity contribution is 7.22. The van der Waals surface area contributed by atoms with Gasteiger partial charge < -0.3 is 0 Å². The second-order valence-electron chi connectivity index (χ2n) is 4.05. The fourth-order valence-electron chi connectivity index (χ4n) is 1.85. The first-order valence-electron chi connectivity index (χ1n) is 5.54. The molecule has 2 heterocycles. The van der Waals surface area contributed by atoms with Gasteiger partial charge >= 0.3 is 6.18 Å². The lowest BCUT2D eigenvalue weighted by Gasteiger charge is -2.09. The van der Waals surface area contributed by atoms with Crippen molar-refractivity contribution in [2.45, 2.75) is 6.18 Å². The van der Waals surface area contributed by atoms with Crippen molar-refractivity contribution in [2.24, 2.45) is 0 Å². The molecule has 0 atom stereocenters. The molecule has 7 heteroatoms. The van der Waals surface area contributed by atoms with E-state index in [4.69, 9.17) is 11.6 Å². The largest absolute Gasteiger partial charge is 0.420 e. The summed E-state index contributed by atoms with van der Waals surface area (Å²) in [6, 6.07) is 9.02. The molecule has 20 heavy (non-hydrogen) atoms. The highest BCUT2D eigenvalue weighted by Gasteiger charge is 2.35. The molecule has 2 nitrogen and oxygen atoms in total. The summed E-state index contributed by atoms with van der Waals surface area (Å²) < 4.78 is 39.9. The van der Waals surface area contributed by atoms with E-state index in [9.17, 15) is 13.2 Å². The molecule has 0 amide bonds. The van der Waals surface area contributed by atoms with Crippen molar-refractivity contribution in [3.05, 3.63) is 47.4 Å². The summed E-state index contributed by atoms with van der Waals surface area (Å²) in [6.45, 7) is 0. The molecule has 0 unspecified atom stereocenters. The zero-order chi connectivity index (χ0) is 14.3. The standard InChI is InChI=1S/C13H6ClF3N2S/c14-12-18-6-8(13(15,16)17)11(19-12)10-5-7-3-1-2-4-9(7)20-10/h1-6H. The molecule has 0 aliphatic heterocycles. The van der Waals surface area contributed by atoms with Crippen LogP contribution in [0.2, 0.25) is 5.28 Å². The first-order valence-corrected chi connectivity index (χ1v) is 6.73. The van der Waals surface area contributed by atoms with Crippen LogP contribution < -0.4 is 0 Å². The van der Waals surface area contributed by atoms with Crippen molar-refractivity contribution in [3.63, 3.8) is 0 Å². The van der Waals surface area contributed by atoms with E-state index in [1.54, 1.807) is 6.07 Å². The maximum Gasteiger partial charge on any atom is 0.420 e. The molecular weight excluding hydrogens is 309 g/mol. The predicted molar refractivity (Wildman–Crippen MR) is 72.9 cm³/mol. The Morgan fingerprint density at radius 3 is 2.60 bits per heavy atom. The topological polar surface area (TPSA) is 25.8 Å². The normalized spacial score (nSPS) is 12.0. The molecule has 0 saturated heterocycles. The molecule has 3 aromatic rings. The Morgan fingerprint density at radius 2 is 1.90 bits per heavy atom. The van der Waals surface area contributed by atoms with Gasteiger partial charge in [-0.05, 0) is 29.1 Å². The van der Waals surface area contributed by atoms with Crippen molar-refractivity contribution in [1.82, 2.24) is 9.97 Å². The lowest BCUT2D eigenvalue weighted by molar-refractivity contribution is -0.137. The molecule has 0 bridgehead atoms. The Kier molecular flexibility index (Phi) is 3.14. The van der Waals surface area contributed by atoms with Crippen LogP contribution in [0, 0.1) is 0 Å². The molecule has 2 aromatic heterocycles. The van der Waals surface area contributed by atoms with Gasteiger partial charge in [-0.2, -0.15) is 13.2 Å². The van der Waals surface area contributed by atoms with Gasteiger partial charge in [0.05, 0.1) is 10.6 Å². The molecule has 0 radical (unpaired) electrons. The molecule has 0 aliphatic rings. The number of benzene rings is 1. The van der Waals surface area contributed by atoms with Crippen molar-refractivity contribution in [3.8, 4) is 10.6 Å². The van der Waals surface area contributed by atoms with Crippen LogP contribution in [0.3, 0.4) is 0 Å². The summed E-state index contributed by atoms with van der Waals surface area (Å²) >= 11 is 6.87. The maximum atomic E-state index is 13.0.